The van der Waals surface area contributed by atoms with Gasteiger partial charge >= 0.3 is 6.18 Å². The van der Waals surface area contributed by atoms with Crippen molar-refractivity contribution in [3.63, 3.8) is 0 Å². The number of nitrogens with one attached hydrogen (secondary N) is 1. The number of hydrogen-bond donors (Lipinski definition) is 1. The Kier molecular flexibility index (Phi) is 7.23. The van der Waals surface area contributed by atoms with Crippen LogP contribution < -0.4 is 4.90 Å². The molecule has 0 unspecified atom stereocenters. The van der Waals surface area contributed by atoms with E-state index < -0.39 is 22.6 Å². The Morgan fingerprint density at radius 1 is 1.02 bits per heavy atom. The molecule has 5 heterocycles. The molecule has 0 amide bonds. The molecule has 0 atom stereocenters. The van der Waals surface area contributed by atoms with Crippen molar-refractivity contribution in [1.29, 1.82) is 0 Å². The highest BCUT2D eigenvalue weighted by Crippen LogP contribution is 2.37. The number of halogens is 3. The molecule has 40 heavy (non-hydrogen) atoms. The number of aromatic nitrogens is 3. The van der Waals surface area contributed by atoms with Gasteiger partial charge < -0.3 is 14.6 Å². The summed E-state index contributed by atoms with van der Waals surface area (Å²) >= 11 is 1.59. The minimum absolute atomic E-state index is 0.185. The Balaban J connectivity index is 1.36. The van der Waals surface area contributed by atoms with Crippen LogP contribution in [0.15, 0.2) is 35.4 Å². The molecule has 2 saturated heterocycles. The summed E-state index contributed by atoms with van der Waals surface area (Å²) in [5.41, 5.74) is 2.07. The largest absolute Gasteiger partial charge is 0.401 e. The molecule has 14 heteroatoms. The summed E-state index contributed by atoms with van der Waals surface area (Å²) in [4.78, 5) is 20.0. The van der Waals surface area contributed by atoms with Gasteiger partial charge in [-0.15, -0.1) is 11.3 Å². The van der Waals surface area contributed by atoms with E-state index in [9.17, 15) is 21.6 Å². The number of ether oxygens (including phenoxy) is 1. The molecule has 214 valence electrons. The minimum Gasteiger partial charge on any atom is -0.378 e. The first-order chi connectivity index (χ1) is 19.0. The second kappa shape index (κ2) is 10.6. The average Bonchev–Trinajstić information content (AvgIpc) is 3.54. The van der Waals surface area contributed by atoms with Crippen LogP contribution >= 0.6 is 11.3 Å². The summed E-state index contributed by atoms with van der Waals surface area (Å²) in [6, 6.07) is 7.15. The van der Waals surface area contributed by atoms with Crippen molar-refractivity contribution in [2.45, 2.75) is 17.6 Å². The summed E-state index contributed by atoms with van der Waals surface area (Å²) < 4.78 is 69.8. The molecule has 2 aliphatic heterocycles. The Labute approximate surface area is 233 Å². The normalized spacial score (nSPS) is 18.2. The molecule has 1 aromatic carbocycles. The molecule has 0 bridgehead atoms. The van der Waals surface area contributed by atoms with Gasteiger partial charge in [-0.1, -0.05) is 0 Å². The topological polar surface area (TPSA) is 94.7 Å². The predicted octanol–water partition coefficient (Wildman–Crippen LogP) is 3.76. The van der Waals surface area contributed by atoms with Crippen LogP contribution in [0.4, 0.5) is 19.0 Å². The highest BCUT2D eigenvalue weighted by molar-refractivity contribution is 7.90. The van der Waals surface area contributed by atoms with E-state index in [2.05, 4.69) is 14.8 Å². The summed E-state index contributed by atoms with van der Waals surface area (Å²) in [5.74, 6) is 1.22. The van der Waals surface area contributed by atoms with Crippen LogP contribution in [0.25, 0.3) is 32.5 Å². The molecule has 3 aromatic heterocycles. The third-order valence-electron chi connectivity index (χ3n) is 7.27. The van der Waals surface area contributed by atoms with E-state index in [4.69, 9.17) is 14.7 Å². The molecule has 0 aliphatic carbocycles. The van der Waals surface area contributed by atoms with Crippen molar-refractivity contribution in [2.24, 2.45) is 0 Å². The summed E-state index contributed by atoms with van der Waals surface area (Å²) in [7, 11) is -3.47. The second-order valence-corrected chi connectivity index (χ2v) is 13.4. The number of sulfone groups is 1. The number of thiophene rings is 1. The molecular weight excluding hydrogens is 565 g/mol. The first-order valence-electron chi connectivity index (χ1n) is 13.0. The first-order valence-corrected chi connectivity index (χ1v) is 15.7. The number of nitrogens with zero attached hydrogens (tertiary/aromatic N) is 5. The van der Waals surface area contributed by atoms with Crippen LogP contribution in [0.5, 0.6) is 0 Å². The molecule has 0 radical (unpaired) electrons. The maximum atomic E-state index is 12.8. The van der Waals surface area contributed by atoms with Gasteiger partial charge in [0.1, 0.15) is 0 Å². The van der Waals surface area contributed by atoms with Gasteiger partial charge in [0.05, 0.1) is 34.9 Å². The van der Waals surface area contributed by atoms with Gasteiger partial charge in [-0.2, -0.15) is 13.2 Å². The Morgan fingerprint density at radius 3 is 2.45 bits per heavy atom. The zero-order valence-electron chi connectivity index (χ0n) is 21.9. The number of benzene rings is 1. The number of rotatable bonds is 6. The quantitative estimate of drug-likeness (QED) is 0.361. The van der Waals surface area contributed by atoms with Crippen molar-refractivity contribution in [2.75, 3.05) is 70.2 Å². The standard InChI is InChI=1S/C26H29F3N6O3S2/c1-40(36,37)18-13-20(19-2-3-30-21(19)14-18)24-31-22-12-17(15-33-4-6-34(7-5-33)16-26(27,28)29)39-23(22)25(32-24)35-8-10-38-11-9-35/h2-3,12-14,30H,4-11,15-16H2,1H3. The smallest absolute Gasteiger partial charge is 0.378 e. The van der Waals surface area contributed by atoms with E-state index in [-0.39, 0.29) is 4.90 Å². The lowest BCUT2D eigenvalue weighted by Gasteiger charge is -2.34. The molecule has 1 N–H and O–H groups in total. The fraction of sp³-hybridized carbons (Fsp3) is 0.462. The number of alkyl halides is 3. The SMILES string of the molecule is CS(=O)(=O)c1cc(-c2nc(N3CCOCC3)c3sc(CN4CCN(CC(F)(F)F)CC4)cc3n2)c2cc[nH]c2c1. The molecular formula is C26H29F3N6O3S2. The van der Waals surface area contributed by atoms with E-state index in [0.29, 0.717) is 75.9 Å². The molecule has 9 nitrogen and oxygen atoms in total. The molecule has 0 saturated carbocycles. The van der Waals surface area contributed by atoms with Crippen molar-refractivity contribution in [3.8, 4) is 11.4 Å². The number of fused-ring (bicyclic) bond motifs is 2. The van der Waals surface area contributed by atoms with E-state index in [1.807, 2.05) is 12.1 Å². The number of anilines is 1. The van der Waals surface area contributed by atoms with Gasteiger partial charge in [-0.05, 0) is 24.3 Å². The summed E-state index contributed by atoms with van der Waals surface area (Å²) in [5, 5.41) is 0.826. The van der Waals surface area contributed by atoms with E-state index in [0.717, 1.165) is 26.3 Å². The van der Waals surface area contributed by atoms with Crippen LogP contribution in [0.1, 0.15) is 4.88 Å². The van der Waals surface area contributed by atoms with Gasteiger partial charge in [0.15, 0.2) is 21.5 Å². The number of hydrogen-bond acceptors (Lipinski definition) is 9. The monoisotopic (exact) mass is 594 g/mol. The molecule has 6 rings (SSSR count). The number of aromatic amines is 1. The van der Waals surface area contributed by atoms with Crippen molar-refractivity contribution in [3.05, 3.63) is 35.3 Å². The van der Waals surface area contributed by atoms with Gasteiger partial charge in [0.25, 0.3) is 0 Å². The number of morpholine rings is 1. The van der Waals surface area contributed by atoms with Gasteiger partial charge in [0.2, 0.25) is 0 Å². The van der Waals surface area contributed by atoms with Crippen LogP contribution in [-0.2, 0) is 21.1 Å². The molecule has 2 fully saturated rings. The van der Waals surface area contributed by atoms with E-state index in [1.165, 1.54) is 11.2 Å². The van der Waals surface area contributed by atoms with Crippen molar-refractivity contribution in [1.82, 2.24) is 24.8 Å². The molecule has 4 aromatic rings. The minimum atomic E-state index is -4.19. The fourth-order valence-corrected chi connectivity index (χ4v) is 7.09. The highest BCUT2D eigenvalue weighted by atomic mass is 32.2. The summed E-state index contributed by atoms with van der Waals surface area (Å²) in [6.07, 6.45) is -1.25. The summed E-state index contributed by atoms with van der Waals surface area (Å²) in [6.45, 7) is 4.09. The Morgan fingerprint density at radius 2 is 1.75 bits per heavy atom. The zero-order chi connectivity index (χ0) is 28.1. The first kappa shape index (κ1) is 27.4. The average molecular weight is 595 g/mol. The zero-order valence-corrected chi connectivity index (χ0v) is 23.5. The third kappa shape index (κ3) is 5.81. The lowest BCUT2D eigenvalue weighted by molar-refractivity contribution is -0.149. The Bertz CT molecular complexity index is 1640. The van der Waals surface area contributed by atoms with Crippen LogP contribution in [0.3, 0.4) is 0 Å². The fourth-order valence-electron chi connectivity index (χ4n) is 5.27. The molecule has 0 spiro atoms. The highest BCUT2D eigenvalue weighted by Gasteiger charge is 2.32. The Hall–Kier alpha value is -2.78. The van der Waals surface area contributed by atoms with Crippen molar-refractivity contribution >= 4 is 48.1 Å². The lowest BCUT2D eigenvalue weighted by atomic mass is 10.1. The van der Waals surface area contributed by atoms with Gasteiger partial charge in [-0.3, -0.25) is 9.80 Å². The van der Waals surface area contributed by atoms with Crippen LogP contribution in [-0.4, -0.2) is 105 Å². The predicted molar refractivity (Wildman–Crippen MR) is 149 cm³/mol. The number of H-pyrrole nitrogens is 1. The van der Waals surface area contributed by atoms with Gasteiger partial charge in [0, 0.05) is 79.6 Å². The maximum Gasteiger partial charge on any atom is 0.401 e. The second-order valence-electron chi connectivity index (χ2n) is 10.2. The maximum absolute atomic E-state index is 12.8. The van der Waals surface area contributed by atoms with Crippen LogP contribution in [0, 0.1) is 0 Å². The molecule has 2 aliphatic rings. The van der Waals surface area contributed by atoms with E-state index in [1.54, 1.807) is 29.7 Å². The van der Waals surface area contributed by atoms with Gasteiger partial charge in [-0.25, -0.2) is 18.4 Å². The lowest BCUT2D eigenvalue weighted by Crippen LogP contribution is -2.48. The number of piperazine rings is 1. The van der Waals surface area contributed by atoms with Crippen molar-refractivity contribution < 1.29 is 26.3 Å². The van der Waals surface area contributed by atoms with Crippen LogP contribution in [0.2, 0.25) is 0 Å². The van der Waals surface area contributed by atoms with E-state index >= 15 is 0 Å². The third-order valence-corrected chi connectivity index (χ3v) is 9.47.